The lowest BCUT2D eigenvalue weighted by atomic mass is 9.84. The first-order chi connectivity index (χ1) is 14.2. The third kappa shape index (κ3) is 4.04. The number of rotatable bonds is 6. The molecule has 2 aromatic carbocycles. The Balaban J connectivity index is 1.57. The van der Waals surface area contributed by atoms with E-state index >= 15 is 0 Å². The molecule has 1 fully saturated rings. The molecule has 1 aliphatic rings. The minimum Gasteiger partial charge on any atom is -0.493 e. The molecule has 0 bridgehead atoms. The summed E-state index contributed by atoms with van der Waals surface area (Å²) in [5.41, 5.74) is 1.51. The van der Waals surface area contributed by atoms with Crippen LogP contribution < -0.4 is 14.2 Å². The fourth-order valence-electron chi connectivity index (χ4n) is 3.95. The molecule has 0 radical (unpaired) electrons. The van der Waals surface area contributed by atoms with Crippen molar-refractivity contribution in [3.63, 3.8) is 0 Å². The lowest BCUT2D eigenvalue weighted by Gasteiger charge is -2.20. The van der Waals surface area contributed by atoms with Crippen LogP contribution in [0, 0.1) is 5.92 Å². The molecule has 0 aliphatic heterocycles. The summed E-state index contributed by atoms with van der Waals surface area (Å²) in [6, 6.07) is 12.9. The second-order valence-electron chi connectivity index (χ2n) is 7.36. The zero-order valence-electron chi connectivity index (χ0n) is 16.8. The number of hydrogen-bond acceptors (Lipinski definition) is 5. The second-order valence-corrected chi connectivity index (χ2v) is 7.36. The number of hydrogen-bond donors (Lipinski definition) is 0. The number of fused-ring (bicyclic) bond motifs is 1. The van der Waals surface area contributed by atoms with Gasteiger partial charge in [-0.15, -0.1) is 0 Å². The first kappa shape index (κ1) is 19.2. The van der Waals surface area contributed by atoms with Gasteiger partial charge in [0.2, 0.25) is 0 Å². The van der Waals surface area contributed by atoms with Gasteiger partial charge in [-0.25, -0.2) is 0 Å². The Morgan fingerprint density at radius 2 is 1.59 bits per heavy atom. The number of ether oxygens (including phenoxy) is 3. The van der Waals surface area contributed by atoms with Gasteiger partial charge in [-0.05, 0) is 49.2 Å². The fraction of sp³-hybridized carbons (Fsp3) is 0.333. The van der Waals surface area contributed by atoms with E-state index in [9.17, 15) is 4.79 Å². The fourth-order valence-corrected chi connectivity index (χ4v) is 3.95. The van der Waals surface area contributed by atoms with E-state index in [0.717, 1.165) is 42.1 Å². The monoisotopic (exact) mass is 391 g/mol. The van der Waals surface area contributed by atoms with Crippen molar-refractivity contribution in [2.75, 3.05) is 14.2 Å². The number of benzene rings is 2. The summed E-state index contributed by atoms with van der Waals surface area (Å²) in [5, 5.41) is 0.826. The predicted octanol–water partition coefficient (Wildman–Crippen LogP) is 5.81. The molecule has 1 saturated carbocycles. The summed E-state index contributed by atoms with van der Waals surface area (Å²) < 4.78 is 16.9. The van der Waals surface area contributed by atoms with Crippen molar-refractivity contribution in [3.8, 4) is 23.0 Å². The molecule has 5 nitrogen and oxygen atoms in total. The van der Waals surface area contributed by atoms with Gasteiger partial charge in [-0.1, -0.05) is 19.3 Å². The van der Waals surface area contributed by atoms with Gasteiger partial charge in [0, 0.05) is 29.1 Å². The zero-order valence-corrected chi connectivity index (χ0v) is 16.8. The first-order valence-corrected chi connectivity index (χ1v) is 10.0. The molecule has 5 heteroatoms. The number of methoxy groups -OCH3 is 2. The number of pyridine rings is 1. The van der Waals surface area contributed by atoms with Crippen molar-refractivity contribution >= 4 is 16.7 Å². The molecule has 0 saturated heterocycles. The topological polar surface area (TPSA) is 57.7 Å². The molecule has 0 atom stereocenters. The molecule has 3 aromatic rings. The highest BCUT2D eigenvalue weighted by molar-refractivity contribution is 5.98. The summed E-state index contributed by atoms with van der Waals surface area (Å²) in [6.45, 7) is 0. The van der Waals surface area contributed by atoms with E-state index in [1.54, 1.807) is 20.4 Å². The standard InChI is InChI=1S/C24H25NO4/c1-27-22-14-19-20(15-23(22)28-2)25-13-12-21(19)29-18-10-8-17(9-11-18)24(26)16-6-4-3-5-7-16/h8-16H,3-7H2,1-2H3. The second kappa shape index (κ2) is 8.52. The van der Waals surface area contributed by atoms with Crippen LogP contribution in [0.15, 0.2) is 48.7 Å². The number of ketones is 1. The van der Waals surface area contributed by atoms with Crippen LogP contribution in [0.1, 0.15) is 42.5 Å². The van der Waals surface area contributed by atoms with E-state index in [2.05, 4.69) is 4.98 Å². The number of Topliss-reactive ketones (excluding diaryl/α,β-unsaturated/α-hetero) is 1. The van der Waals surface area contributed by atoms with Crippen LogP contribution in [0.5, 0.6) is 23.0 Å². The smallest absolute Gasteiger partial charge is 0.165 e. The van der Waals surface area contributed by atoms with E-state index < -0.39 is 0 Å². The van der Waals surface area contributed by atoms with Crippen LogP contribution >= 0.6 is 0 Å². The lowest BCUT2D eigenvalue weighted by Crippen LogP contribution is -2.17. The highest BCUT2D eigenvalue weighted by atomic mass is 16.5. The summed E-state index contributed by atoms with van der Waals surface area (Å²) in [4.78, 5) is 17.1. The number of nitrogens with zero attached hydrogens (tertiary/aromatic N) is 1. The summed E-state index contributed by atoms with van der Waals surface area (Å²) in [5.74, 6) is 3.00. The van der Waals surface area contributed by atoms with Crippen molar-refractivity contribution in [3.05, 3.63) is 54.2 Å². The Hall–Kier alpha value is -3.08. The third-order valence-electron chi connectivity index (χ3n) is 5.55. The minimum atomic E-state index is 0.169. The van der Waals surface area contributed by atoms with Gasteiger partial charge in [0.25, 0.3) is 0 Å². The number of carbonyl (C=O) groups is 1. The molecule has 1 heterocycles. The molecule has 0 amide bonds. The van der Waals surface area contributed by atoms with Crippen LogP contribution in [-0.4, -0.2) is 25.0 Å². The zero-order chi connectivity index (χ0) is 20.2. The van der Waals surface area contributed by atoms with E-state index in [1.165, 1.54) is 6.42 Å². The first-order valence-electron chi connectivity index (χ1n) is 10.0. The Morgan fingerprint density at radius 1 is 0.897 bits per heavy atom. The molecule has 1 aromatic heterocycles. The molecule has 1 aliphatic carbocycles. The van der Waals surface area contributed by atoms with Gasteiger partial charge in [0.1, 0.15) is 11.5 Å². The van der Waals surface area contributed by atoms with Crippen molar-refractivity contribution in [1.29, 1.82) is 0 Å². The van der Waals surface area contributed by atoms with E-state index in [4.69, 9.17) is 14.2 Å². The molecule has 0 spiro atoms. The lowest BCUT2D eigenvalue weighted by molar-refractivity contribution is 0.0889. The van der Waals surface area contributed by atoms with Gasteiger partial charge >= 0.3 is 0 Å². The van der Waals surface area contributed by atoms with Crippen molar-refractivity contribution in [2.24, 2.45) is 5.92 Å². The number of aromatic nitrogens is 1. The van der Waals surface area contributed by atoms with Crippen molar-refractivity contribution in [1.82, 2.24) is 4.98 Å². The maximum atomic E-state index is 12.7. The summed E-state index contributed by atoms with van der Waals surface area (Å²) in [6.07, 6.45) is 7.26. The maximum absolute atomic E-state index is 12.7. The Kier molecular flexibility index (Phi) is 5.65. The summed E-state index contributed by atoms with van der Waals surface area (Å²) in [7, 11) is 3.20. The normalized spacial score (nSPS) is 14.6. The van der Waals surface area contributed by atoms with Crippen LogP contribution in [0.25, 0.3) is 10.9 Å². The largest absolute Gasteiger partial charge is 0.493 e. The maximum Gasteiger partial charge on any atom is 0.165 e. The molecule has 29 heavy (non-hydrogen) atoms. The predicted molar refractivity (Wildman–Crippen MR) is 112 cm³/mol. The summed E-state index contributed by atoms with van der Waals surface area (Å²) >= 11 is 0. The minimum absolute atomic E-state index is 0.169. The average molecular weight is 391 g/mol. The van der Waals surface area contributed by atoms with Crippen LogP contribution in [0.2, 0.25) is 0 Å². The van der Waals surface area contributed by atoms with Gasteiger partial charge in [-0.2, -0.15) is 0 Å². The Bertz CT molecular complexity index is 1010. The van der Waals surface area contributed by atoms with Gasteiger partial charge in [-0.3, -0.25) is 9.78 Å². The third-order valence-corrected chi connectivity index (χ3v) is 5.55. The van der Waals surface area contributed by atoms with Crippen molar-refractivity contribution in [2.45, 2.75) is 32.1 Å². The molecule has 150 valence electrons. The number of carbonyl (C=O) groups excluding carboxylic acids is 1. The molecular formula is C24H25NO4. The van der Waals surface area contributed by atoms with Crippen LogP contribution in [0.3, 0.4) is 0 Å². The van der Waals surface area contributed by atoms with Crippen LogP contribution in [0.4, 0.5) is 0 Å². The molecule has 0 unspecified atom stereocenters. The van der Waals surface area contributed by atoms with Gasteiger partial charge in [0.15, 0.2) is 17.3 Å². The average Bonchev–Trinajstić information content (AvgIpc) is 2.79. The Morgan fingerprint density at radius 3 is 2.28 bits per heavy atom. The molecule has 4 rings (SSSR count). The SMILES string of the molecule is COc1cc2nccc(Oc3ccc(C(=O)C4CCCCC4)cc3)c2cc1OC. The van der Waals surface area contributed by atoms with Gasteiger partial charge in [0.05, 0.1) is 19.7 Å². The van der Waals surface area contributed by atoms with E-state index in [1.807, 2.05) is 42.5 Å². The van der Waals surface area contributed by atoms with Crippen LogP contribution in [-0.2, 0) is 0 Å². The quantitative estimate of drug-likeness (QED) is 0.497. The molecular weight excluding hydrogens is 366 g/mol. The highest BCUT2D eigenvalue weighted by Gasteiger charge is 2.22. The molecule has 0 N–H and O–H groups in total. The van der Waals surface area contributed by atoms with E-state index in [0.29, 0.717) is 23.0 Å². The Labute approximate surface area is 170 Å². The highest BCUT2D eigenvalue weighted by Crippen LogP contribution is 2.37. The van der Waals surface area contributed by atoms with E-state index in [-0.39, 0.29) is 11.7 Å². The van der Waals surface area contributed by atoms with Gasteiger partial charge < -0.3 is 14.2 Å². The van der Waals surface area contributed by atoms with Crippen molar-refractivity contribution < 1.29 is 19.0 Å².